The number of ether oxygens (including phenoxy) is 1. The number of amides is 1. The van der Waals surface area contributed by atoms with Gasteiger partial charge in [0.2, 0.25) is 5.91 Å². The number of methoxy groups -OCH3 is 1. The zero-order valence-corrected chi connectivity index (χ0v) is 8.62. The van der Waals surface area contributed by atoms with Gasteiger partial charge in [-0.2, -0.15) is 5.26 Å². The first-order chi connectivity index (χ1) is 6.71. The molecule has 78 valence electrons. The van der Waals surface area contributed by atoms with E-state index in [1.165, 1.54) is 0 Å². The van der Waals surface area contributed by atoms with Crippen molar-refractivity contribution in [3.8, 4) is 6.07 Å². The van der Waals surface area contributed by atoms with Crippen LogP contribution in [-0.2, 0) is 9.53 Å². The predicted octanol–water partition coefficient (Wildman–Crippen LogP) is 0.830. The summed E-state index contributed by atoms with van der Waals surface area (Å²) in [5, 5.41) is 11.5. The van der Waals surface area contributed by atoms with Gasteiger partial charge in [0.1, 0.15) is 5.92 Å². The smallest absolute Gasteiger partial charge is 0.237 e. The van der Waals surface area contributed by atoms with E-state index in [0.717, 1.165) is 12.8 Å². The van der Waals surface area contributed by atoms with Crippen LogP contribution in [-0.4, -0.2) is 25.2 Å². The molecule has 4 heteroatoms. The molecule has 1 rings (SSSR count). The third-order valence-electron chi connectivity index (χ3n) is 2.66. The van der Waals surface area contributed by atoms with Crippen molar-refractivity contribution in [2.75, 3.05) is 7.11 Å². The van der Waals surface area contributed by atoms with Gasteiger partial charge in [-0.1, -0.05) is 6.92 Å². The summed E-state index contributed by atoms with van der Waals surface area (Å²) < 4.78 is 5.09. The lowest BCUT2D eigenvalue weighted by Crippen LogP contribution is -2.49. The molecule has 0 heterocycles. The normalized spacial score (nSPS) is 27.2. The van der Waals surface area contributed by atoms with Gasteiger partial charge in [0.05, 0.1) is 12.2 Å². The first-order valence-corrected chi connectivity index (χ1v) is 4.94. The van der Waals surface area contributed by atoms with Gasteiger partial charge in [-0.05, 0) is 19.3 Å². The van der Waals surface area contributed by atoms with Crippen molar-refractivity contribution in [2.45, 2.75) is 38.3 Å². The molecule has 0 aromatic heterocycles. The Labute approximate surface area is 84.2 Å². The van der Waals surface area contributed by atoms with Crippen LogP contribution in [0.4, 0.5) is 0 Å². The molecule has 1 saturated carbocycles. The van der Waals surface area contributed by atoms with Crippen LogP contribution in [0.25, 0.3) is 0 Å². The highest BCUT2D eigenvalue weighted by Gasteiger charge is 2.31. The van der Waals surface area contributed by atoms with Crippen molar-refractivity contribution < 1.29 is 9.53 Å². The van der Waals surface area contributed by atoms with Crippen LogP contribution >= 0.6 is 0 Å². The average molecular weight is 196 g/mol. The van der Waals surface area contributed by atoms with Gasteiger partial charge in [0.25, 0.3) is 0 Å². The minimum atomic E-state index is -0.503. The maximum atomic E-state index is 11.4. The maximum Gasteiger partial charge on any atom is 0.237 e. The molecule has 1 unspecified atom stereocenters. The fourth-order valence-corrected chi connectivity index (χ4v) is 1.51. The zero-order chi connectivity index (χ0) is 10.6. The summed E-state index contributed by atoms with van der Waals surface area (Å²) in [4.78, 5) is 11.4. The summed E-state index contributed by atoms with van der Waals surface area (Å²) in [5.74, 6) is -0.647. The summed E-state index contributed by atoms with van der Waals surface area (Å²) in [6, 6.07) is 2.19. The Balaban J connectivity index is 2.26. The first-order valence-electron chi connectivity index (χ1n) is 4.94. The molecule has 0 spiro atoms. The van der Waals surface area contributed by atoms with Crippen LogP contribution in [0.1, 0.15) is 26.2 Å². The van der Waals surface area contributed by atoms with E-state index in [2.05, 4.69) is 5.32 Å². The van der Waals surface area contributed by atoms with E-state index in [9.17, 15) is 4.79 Å². The molecule has 0 aromatic rings. The Bertz CT molecular complexity index is 241. The number of nitrogens with one attached hydrogen (secondary N) is 1. The number of nitriles is 1. The number of rotatable bonds is 4. The number of carbonyl (C=O) groups excluding carboxylic acids is 1. The van der Waals surface area contributed by atoms with E-state index in [0.29, 0.717) is 6.42 Å². The minimum absolute atomic E-state index is 0.144. The molecule has 1 aliphatic rings. The van der Waals surface area contributed by atoms with E-state index in [-0.39, 0.29) is 18.1 Å². The molecule has 0 aliphatic heterocycles. The highest BCUT2D eigenvalue weighted by atomic mass is 16.5. The topological polar surface area (TPSA) is 62.1 Å². The summed E-state index contributed by atoms with van der Waals surface area (Å²) in [6.07, 6.45) is 2.58. The molecule has 0 aromatic carbocycles. The molecule has 1 fully saturated rings. The molecule has 0 saturated heterocycles. The van der Waals surface area contributed by atoms with Crippen LogP contribution in [0, 0.1) is 17.2 Å². The monoisotopic (exact) mass is 196 g/mol. The van der Waals surface area contributed by atoms with Gasteiger partial charge in [0, 0.05) is 13.2 Å². The van der Waals surface area contributed by atoms with Crippen LogP contribution in [0.2, 0.25) is 0 Å². The largest absolute Gasteiger partial charge is 0.381 e. The lowest BCUT2D eigenvalue weighted by Gasteiger charge is -2.34. The standard InChI is InChI=1S/C10H16N2O2/c1-3-7(6-11)10(13)12-8-4-9(5-8)14-2/h7-9H,3-5H2,1-2H3,(H,12,13). The second-order valence-corrected chi connectivity index (χ2v) is 3.62. The van der Waals surface area contributed by atoms with Crippen LogP contribution < -0.4 is 5.32 Å². The Kier molecular flexibility index (Phi) is 3.90. The molecule has 1 atom stereocenters. The van der Waals surface area contributed by atoms with Crippen molar-refractivity contribution in [1.82, 2.24) is 5.32 Å². The number of hydrogen-bond donors (Lipinski definition) is 1. The third-order valence-corrected chi connectivity index (χ3v) is 2.66. The summed E-state index contributed by atoms with van der Waals surface area (Å²) >= 11 is 0. The minimum Gasteiger partial charge on any atom is -0.381 e. The molecule has 1 amide bonds. The SMILES string of the molecule is CCC(C#N)C(=O)NC1CC(OC)C1. The Morgan fingerprint density at radius 1 is 1.71 bits per heavy atom. The molecule has 0 bridgehead atoms. The quantitative estimate of drug-likeness (QED) is 0.724. The van der Waals surface area contributed by atoms with E-state index in [4.69, 9.17) is 10.00 Å². The maximum absolute atomic E-state index is 11.4. The van der Waals surface area contributed by atoms with E-state index >= 15 is 0 Å². The summed E-state index contributed by atoms with van der Waals surface area (Å²) in [6.45, 7) is 1.84. The lowest BCUT2D eigenvalue weighted by atomic mass is 9.88. The number of hydrogen-bond acceptors (Lipinski definition) is 3. The summed E-state index contributed by atoms with van der Waals surface area (Å²) in [5.41, 5.74) is 0. The van der Waals surface area contributed by atoms with Gasteiger partial charge in [-0.15, -0.1) is 0 Å². The van der Waals surface area contributed by atoms with Crippen molar-refractivity contribution in [3.63, 3.8) is 0 Å². The molecule has 4 nitrogen and oxygen atoms in total. The van der Waals surface area contributed by atoms with Crippen molar-refractivity contribution in [1.29, 1.82) is 5.26 Å². The van der Waals surface area contributed by atoms with E-state index < -0.39 is 5.92 Å². The van der Waals surface area contributed by atoms with Gasteiger partial charge < -0.3 is 10.1 Å². The van der Waals surface area contributed by atoms with Gasteiger partial charge in [-0.25, -0.2) is 0 Å². The second-order valence-electron chi connectivity index (χ2n) is 3.62. The fraction of sp³-hybridized carbons (Fsp3) is 0.800. The van der Waals surface area contributed by atoms with Crippen LogP contribution in [0.5, 0.6) is 0 Å². The number of carbonyl (C=O) groups is 1. The zero-order valence-electron chi connectivity index (χ0n) is 8.62. The highest BCUT2D eigenvalue weighted by Crippen LogP contribution is 2.22. The Hall–Kier alpha value is -1.08. The molecule has 1 N–H and O–H groups in total. The molecule has 1 aliphatic carbocycles. The van der Waals surface area contributed by atoms with Crippen LogP contribution in [0.3, 0.4) is 0 Å². The Morgan fingerprint density at radius 3 is 2.79 bits per heavy atom. The number of nitrogens with zero attached hydrogens (tertiary/aromatic N) is 1. The fourth-order valence-electron chi connectivity index (χ4n) is 1.51. The van der Waals surface area contributed by atoms with E-state index in [1.54, 1.807) is 7.11 Å². The van der Waals surface area contributed by atoms with Crippen molar-refractivity contribution in [3.05, 3.63) is 0 Å². The van der Waals surface area contributed by atoms with E-state index in [1.807, 2.05) is 13.0 Å². The second kappa shape index (κ2) is 4.97. The molecular weight excluding hydrogens is 180 g/mol. The summed E-state index contributed by atoms with van der Waals surface area (Å²) in [7, 11) is 1.67. The lowest BCUT2D eigenvalue weighted by molar-refractivity contribution is -0.125. The molecule has 0 radical (unpaired) electrons. The first kappa shape index (κ1) is 11.0. The van der Waals surface area contributed by atoms with Crippen molar-refractivity contribution >= 4 is 5.91 Å². The molecule has 14 heavy (non-hydrogen) atoms. The van der Waals surface area contributed by atoms with Gasteiger partial charge in [0.15, 0.2) is 0 Å². The van der Waals surface area contributed by atoms with Gasteiger partial charge >= 0.3 is 0 Å². The average Bonchev–Trinajstić information content (AvgIpc) is 2.12. The highest BCUT2D eigenvalue weighted by molar-refractivity contribution is 5.81. The Morgan fingerprint density at radius 2 is 2.36 bits per heavy atom. The third kappa shape index (κ3) is 2.46. The van der Waals surface area contributed by atoms with Gasteiger partial charge in [-0.3, -0.25) is 4.79 Å². The van der Waals surface area contributed by atoms with Crippen molar-refractivity contribution in [2.24, 2.45) is 5.92 Å². The molecular formula is C10H16N2O2. The van der Waals surface area contributed by atoms with Crippen LogP contribution in [0.15, 0.2) is 0 Å². The predicted molar refractivity (Wildman–Crippen MR) is 51.4 cm³/mol.